The molecule has 1 N–H and O–H groups in total. The fourth-order valence-corrected chi connectivity index (χ4v) is 2.74. The minimum absolute atomic E-state index is 0.137. The fraction of sp³-hybridized carbons (Fsp3) is 0.353. The van der Waals surface area contributed by atoms with Crippen LogP contribution in [0, 0.1) is 6.92 Å². The highest BCUT2D eigenvalue weighted by atomic mass is 16.5. The van der Waals surface area contributed by atoms with Crippen LogP contribution in [0.15, 0.2) is 40.9 Å². The Kier molecular flexibility index (Phi) is 4.41. The Labute approximate surface area is 134 Å². The topological polar surface area (TPSA) is 75.4 Å². The zero-order valence-corrected chi connectivity index (χ0v) is 13.0. The van der Waals surface area contributed by atoms with Gasteiger partial charge in [-0.15, -0.1) is 0 Å². The molecular weight excluding hydrogens is 294 g/mol. The molecule has 0 saturated carbocycles. The van der Waals surface area contributed by atoms with Crippen LogP contribution in [0.4, 0.5) is 0 Å². The van der Waals surface area contributed by atoms with Gasteiger partial charge >= 0.3 is 0 Å². The van der Waals surface area contributed by atoms with Crippen molar-refractivity contribution in [3.8, 4) is 0 Å². The number of hydrogen-bond donors (Lipinski definition) is 1. The highest BCUT2D eigenvalue weighted by Gasteiger charge is 2.26. The summed E-state index contributed by atoms with van der Waals surface area (Å²) >= 11 is 0. The molecule has 1 atom stereocenters. The molecule has 6 nitrogen and oxygen atoms in total. The van der Waals surface area contributed by atoms with E-state index in [0.29, 0.717) is 18.7 Å². The average molecular weight is 313 g/mol. The number of nitrogens with one attached hydrogen (secondary N) is 1. The fourth-order valence-electron chi connectivity index (χ4n) is 2.74. The number of benzene rings is 1. The summed E-state index contributed by atoms with van der Waals surface area (Å²) in [7, 11) is 0. The van der Waals surface area contributed by atoms with E-state index in [1.54, 1.807) is 17.9 Å². The molecule has 0 spiro atoms. The summed E-state index contributed by atoms with van der Waals surface area (Å²) in [6, 6.07) is 11.0. The third kappa shape index (κ3) is 3.59. The van der Waals surface area contributed by atoms with E-state index in [1.165, 1.54) is 0 Å². The molecular formula is C17H19N3O3. The molecule has 0 aliphatic carbocycles. The molecule has 1 saturated heterocycles. The summed E-state index contributed by atoms with van der Waals surface area (Å²) in [4.78, 5) is 26.0. The van der Waals surface area contributed by atoms with Gasteiger partial charge in [0.05, 0.1) is 6.04 Å². The Morgan fingerprint density at radius 2 is 2.17 bits per heavy atom. The van der Waals surface area contributed by atoms with Crippen molar-refractivity contribution in [3.63, 3.8) is 0 Å². The summed E-state index contributed by atoms with van der Waals surface area (Å²) in [6.07, 6.45) is 1.45. The molecule has 6 heteroatoms. The Balaban J connectivity index is 1.77. The van der Waals surface area contributed by atoms with Crippen molar-refractivity contribution in [2.75, 3.05) is 13.1 Å². The van der Waals surface area contributed by atoms with Gasteiger partial charge in [0.25, 0.3) is 5.91 Å². The number of carbonyl (C=O) groups excluding carboxylic acids is 2. The van der Waals surface area contributed by atoms with Crippen LogP contribution < -0.4 is 5.32 Å². The van der Waals surface area contributed by atoms with Crippen molar-refractivity contribution in [1.29, 1.82) is 0 Å². The number of aryl methyl sites for hydroxylation is 1. The van der Waals surface area contributed by atoms with Crippen molar-refractivity contribution in [2.45, 2.75) is 25.8 Å². The average Bonchev–Trinajstić information content (AvgIpc) is 3.16. The van der Waals surface area contributed by atoms with E-state index >= 15 is 0 Å². The quantitative estimate of drug-likeness (QED) is 0.917. The zero-order valence-electron chi connectivity index (χ0n) is 13.0. The predicted octanol–water partition coefficient (Wildman–Crippen LogP) is 2.08. The van der Waals surface area contributed by atoms with Crippen molar-refractivity contribution >= 4 is 11.8 Å². The molecule has 2 amide bonds. The number of nitrogens with zero attached hydrogens (tertiary/aromatic N) is 2. The second kappa shape index (κ2) is 6.64. The molecule has 2 heterocycles. The lowest BCUT2D eigenvalue weighted by molar-refractivity contribution is -0.128. The predicted molar refractivity (Wildman–Crippen MR) is 83.7 cm³/mol. The molecule has 2 aromatic rings. The van der Waals surface area contributed by atoms with E-state index in [-0.39, 0.29) is 23.6 Å². The normalized spacial score (nSPS) is 15.7. The van der Waals surface area contributed by atoms with E-state index in [1.807, 2.05) is 30.3 Å². The van der Waals surface area contributed by atoms with Gasteiger partial charge in [0, 0.05) is 25.6 Å². The van der Waals surface area contributed by atoms with Crippen LogP contribution in [0.2, 0.25) is 0 Å². The van der Waals surface area contributed by atoms with Gasteiger partial charge in [-0.3, -0.25) is 9.59 Å². The molecule has 3 rings (SSSR count). The van der Waals surface area contributed by atoms with Crippen LogP contribution in [-0.4, -0.2) is 35.0 Å². The van der Waals surface area contributed by atoms with Gasteiger partial charge < -0.3 is 14.7 Å². The van der Waals surface area contributed by atoms with Gasteiger partial charge in [0.15, 0.2) is 5.69 Å². The van der Waals surface area contributed by atoms with Gasteiger partial charge in [0.1, 0.15) is 5.76 Å². The summed E-state index contributed by atoms with van der Waals surface area (Å²) in [5.74, 6) is 0.418. The maximum Gasteiger partial charge on any atom is 0.274 e. The van der Waals surface area contributed by atoms with Crippen LogP contribution >= 0.6 is 0 Å². The van der Waals surface area contributed by atoms with E-state index in [2.05, 4.69) is 10.5 Å². The number of hydrogen-bond acceptors (Lipinski definition) is 4. The number of amides is 2. The smallest absolute Gasteiger partial charge is 0.274 e. The molecule has 1 aromatic heterocycles. The molecule has 1 aromatic carbocycles. The van der Waals surface area contributed by atoms with Crippen molar-refractivity contribution < 1.29 is 14.1 Å². The van der Waals surface area contributed by atoms with E-state index < -0.39 is 0 Å². The van der Waals surface area contributed by atoms with Gasteiger partial charge in [-0.05, 0) is 18.9 Å². The van der Waals surface area contributed by atoms with Crippen LogP contribution in [-0.2, 0) is 4.79 Å². The molecule has 1 fully saturated rings. The van der Waals surface area contributed by atoms with Crippen LogP contribution in [0.3, 0.4) is 0 Å². The highest BCUT2D eigenvalue weighted by Crippen LogP contribution is 2.19. The monoisotopic (exact) mass is 313 g/mol. The van der Waals surface area contributed by atoms with Gasteiger partial charge in [0.2, 0.25) is 5.91 Å². The molecule has 0 radical (unpaired) electrons. The number of rotatable bonds is 5. The summed E-state index contributed by atoms with van der Waals surface area (Å²) in [6.45, 7) is 2.94. The Morgan fingerprint density at radius 1 is 1.39 bits per heavy atom. The van der Waals surface area contributed by atoms with E-state index in [9.17, 15) is 9.59 Å². The minimum atomic E-state index is -0.303. The molecule has 1 aliphatic heterocycles. The summed E-state index contributed by atoms with van der Waals surface area (Å²) < 4.78 is 4.95. The second-order valence-electron chi connectivity index (χ2n) is 5.70. The number of aromatic nitrogens is 1. The summed E-state index contributed by atoms with van der Waals surface area (Å²) in [5, 5.41) is 6.70. The zero-order chi connectivity index (χ0) is 16.2. The molecule has 0 unspecified atom stereocenters. The van der Waals surface area contributed by atoms with Gasteiger partial charge in [-0.25, -0.2) is 0 Å². The summed E-state index contributed by atoms with van der Waals surface area (Å²) in [5.41, 5.74) is 1.21. The van der Waals surface area contributed by atoms with Crippen molar-refractivity contribution in [2.24, 2.45) is 0 Å². The lowest BCUT2D eigenvalue weighted by atomic mass is 10.1. The van der Waals surface area contributed by atoms with Gasteiger partial charge in [-0.1, -0.05) is 35.5 Å². The largest absolute Gasteiger partial charge is 0.361 e. The molecule has 1 aliphatic rings. The Morgan fingerprint density at radius 3 is 2.78 bits per heavy atom. The second-order valence-corrected chi connectivity index (χ2v) is 5.70. The van der Waals surface area contributed by atoms with Crippen LogP contribution in [0.5, 0.6) is 0 Å². The number of likely N-dealkylation sites (tertiary alicyclic amines) is 1. The molecule has 23 heavy (non-hydrogen) atoms. The van der Waals surface area contributed by atoms with Crippen molar-refractivity contribution in [1.82, 2.24) is 15.4 Å². The van der Waals surface area contributed by atoms with Crippen molar-refractivity contribution in [3.05, 3.63) is 53.4 Å². The molecule has 0 bridgehead atoms. The first-order valence-electron chi connectivity index (χ1n) is 7.70. The molecule has 120 valence electrons. The lowest BCUT2D eigenvalue weighted by Gasteiger charge is -2.24. The van der Waals surface area contributed by atoms with E-state index in [0.717, 1.165) is 18.5 Å². The first-order valence-corrected chi connectivity index (χ1v) is 7.70. The third-order valence-corrected chi connectivity index (χ3v) is 3.94. The SMILES string of the molecule is Cc1cc(C(=O)N[C@H](CN2CCCC2=O)c2ccccc2)no1. The van der Waals surface area contributed by atoms with Gasteiger partial charge in [-0.2, -0.15) is 0 Å². The Bertz CT molecular complexity index is 696. The first kappa shape index (κ1) is 15.3. The first-order chi connectivity index (χ1) is 11.1. The van der Waals surface area contributed by atoms with Crippen LogP contribution in [0.1, 0.15) is 40.7 Å². The lowest BCUT2D eigenvalue weighted by Crippen LogP contribution is -2.38. The third-order valence-electron chi connectivity index (χ3n) is 3.94. The standard InChI is InChI=1S/C17H19N3O3/c1-12-10-14(19-23-12)17(22)18-15(13-6-3-2-4-7-13)11-20-9-5-8-16(20)21/h2-4,6-7,10,15H,5,8-9,11H2,1H3,(H,18,22)/t15-/m1/s1. The van der Waals surface area contributed by atoms with Crippen LogP contribution in [0.25, 0.3) is 0 Å². The maximum atomic E-state index is 12.4. The minimum Gasteiger partial charge on any atom is -0.361 e. The number of carbonyl (C=O) groups is 2. The highest BCUT2D eigenvalue weighted by molar-refractivity contribution is 5.92. The Hall–Kier alpha value is -2.63. The van der Waals surface area contributed by atoms with E-state index in [4.69, 9.17) is 4.52 Å². The maximum absolute atomic E-state index is 12.4.